The molecular formula is C21H16N2O2S2. The Morgan fingerprint density at radius 1 is 1.15 bits per heavy atom. The van der Waals surface area contributed by atoms with E-state index < -0.39 is 0 Å². The van der Waals surface area contributed by atoms with E-state index in [1.54, 1.807) is 6.20 Å². The molecule has 1 amide bonds. The number of amides is 1. The largest absolute Gasteiger partial charge is 0.360 e. The zero-order valence-corrected chi connectivity index (χ0v) is 16.4. The van der Waals surface area contributed by atoms with E-state index in [2.05, 4.69) is 4.98 Å². The fourth-order valence-corrected chi connectivity index (χ4v) is 4.30. The Hall–Kier alpha value is -2.70. The van der Waals surface area contributed by atoms with Gasteiger partial charge in [-0.15, -0.1) is 0 Å². The van der Waals surface area contributed by atoms with Crippen LogP contribution in [0.25, 0.3) is 10.9 Å². The summed E-state index contributed by atoms with van der Waals surface area (Å²) in [5.74, 6) is -0.477. The Morgan fingerprint density at radius 3 is 2.70 bits per heavy atom. The number of aryl methyl sites for hydroxylation is 2. The molecule has 1 saturated heterocycles. The Labute approximate surface area is 166 Å². The van der Waals surface area contributed by atoms with Crippen molar-refractivity contribution in [2.45, 2.75) is 13.8 Å². The molecule has 0 unspecified atom stereocenters. The molecule has 134 valence electrons. The van der Waals surface area contributed by atoms with Crippen molar-refractivity contribution in [3.8, 4) is 0 Å². The zero-order chi connectivity index (χ0) is 19.1. The van der Waals surface area contributed by atoms with Crippen LogP contribution in [0, 0.1) is 13.8 Å². The van der Waals surface area contributed by atoms with Gasteiger partial charge in [0.2, 0.25) is 0 Å². The van der Waals surface area contributed by atoms with Gasteiger partial charge in [-0.3, -0.25) is 14.5 Å². The lowest BCUT2D eigenvalue weighted by atomic mass is 10.1. The maximum atomic E-state index is 12.9. The molecule has 2 heterocycles. The number of hydrogen-bond donors (Lipinski definition) is 1. The number of H-pyrrole nitrogens is 1. The highest BCUT2D eigenvalue weighted by Gasteiger charge is 2.34. The quantitative estimate of drug-likeness (QED) is 0.391. The Bertz CT molecular complexity index is 1140. The number of nitrogens with zero attached hydrogens (tertiary/aromatic N) is 1. The third-order valence-electron chi connectivity index (χ3n) is 4.66. The number of carbonyl (C=O) groups is 2. The van der Waals surface area contributed by atoms with Crippen LogP contribution in [0.3, 0.4) is 0 Å². The van der Waals surface area contributed by atoms with Gasteiger partial charge in [0.15, 0.2) is 10.1 Å². The van der Waals surface area contributed by atoms with Crippen LogP contribution in [0.1, 0.15) is 21.5 Å². The number of hydrogen-bond acceptors (Lipinski definition) is 4. The number of fused-ring (bicyclic) bond motifs is 1. The number of para-hydroxylation sites is 1. The van der Waals surface area contributed by atoms with Crippen LogP contribution in [0.15, 0.2) is 59.6 Å². The molecule has 1 aliphatic heterocycles. The molecule has 3 aromatic rings. The molecule has 6 heteroatoms. The molecule has 1 aromatic heterocycles. The summed E-state index contributed by atoms with van der Waals surface area (Å²) in [6.45, 7) is 4.01. The average Bonchev–Trinajstić information content (AvgIpc) is 3.19. The minimum atomic E-state index is -0.263. The molecular weight excluding hydrogens is 376 g/mol. The van der Waals surface area contributed by atoms with Crippen molar-refractivity contribution in [3.63, 3.8) is 0 Å². The highest BCUT2D eigenvalue weighted by atomic mass is 32.2. The molecule has 1 N–H and O–H groups in total. The van der Waals surface area contributed by atoms with Crippen LogP contribution < -0.4 is 4.90 Å². The summed E-state index contributed by atoms with van der Waals surface area (Å²) in [6.07, 6.45) is 3.06. The fraction of sp³-hybridized carbons (Fsp3) is 0.0952. The van der Waals surface area contributed by atoms with Crippen molar-refractivity contribution in [1.29, 1.82) is 0 Å². The number of aromatic amines is 1. The SMILES string of the molecule is Cc1ccc(N2C(=O)C(=CC(=O)c3c[nH]c4ccccc34)SC2=S)cc1C. The number of rotatable bonds is 3. The van der Waals surface area contributed by atoms with Crippen LogP contribution in [0.4, 0.5) is 5.69 Å². The predicted molar refractivity (Wildman–Crippen MR) is 114 cm³/mol. The third-order valence-corrected chi connectivity index (χ3v) is 5.96. The van der Waals surface area contributed by atoms with E-state index in [4.69, 9.17) is 12.2 Å². The van der Waals surface area contributed by atoms with Crippen molar-refractivity contribution in [3.05, 3.63) is 76.3 Å². The second-order valence-corrected chi connectivity index (χ2v) is 8.07. The first-order valence-corrected chi connectivity index (χ1v) is 9.64. The second-order valence-electron chi connectivity index (χ2n) is 6.40. The normalized spacial score (nSPS) is 15.9. The lowest BCUT2D eigenvalue weighted by Crippen LogP contribution is -2.27. The van der Waals surface area contributed by atoms with Gasteiger partial charge in [0.05, 0.1) is 10.6 Å². The van der Waals surface area contributed by atoms with E-state index in [9.17, 15) is 9.59 Å². The first-order chi connectivity index (χ1) is 13.0. The van der Waals surface area contributed by atoms with Crippen molar-refractivity contribution in [1.82, 2.24) is 4.98 Å². The summed E-state index contributed by atoms with van der Waals surface area (Å²) in [7, 11) is 0. The molecule has 4 rings (SSSR count). The minimum absolute atomic E-state index is 0.215. The fourth-order valence-electron chi connectivity index (χ4n) is 3.03. The summed E-state index contributed by atoms with van der Waals surface area (Å²) in [4.78, 5) is 30.5. The number of thioether (sulfide) groups is 1. The molecule has 0 aliphatic carbocycles. The number of ketones is 1. The van der Waals surface area contributed by atoms with Crippen molar-refractivity contribution in [2.75, 3.05) is 4.90 Å². The number of anilines is 1. The van der Waals surface area contributed by atoms with Gasteiger partial charge >= 0.3 is 0 Å². The predicted octanol–water partition coefficient (Wildman–Crippen LogP) is 4.92. The summed E-state index contributed by atoms with van der Waals surface area (Å²) in [5, 5.41) is 0.836. The van der Waals surface area contributed by atoms with Gasteiger partial charge in [0, 0.05) is 28.7 Å². The molecule has 1 fully saturated rings. The maximum Gasteiger partial charge on any atom is 0.270 e. The number of thiocarbonyl (C=S) groups is 1. The number of nitrogens with one attached hydrogen (secondary N) is 1. The monoisotopic (exact) mass is 392 g/mol. The van der Waals surface area contributed by atoms with Crippen LogP contribution in [-0.2, 0) is 4.79 Å². The van der Waals surface area contributed by atoms with E-state index in [0.717, 1.165) is 39.5 Å². The first-order valence-electron chi connectivity index (χ1n) is 8.41. The van der Waals surface area contributed by atoms with Crippen LogP contribution in [0.5, 0.6) is 0 Å². The molecule has 0 spiro atoms. The molecule has 2 aromatic carbocycles. The van der Waals surface area contributed by atoms with Gasteiger partial charge in [-0.05, 0) is 43.2 Å². The van der Waals surface area contributed by atoms with Crippen LogP contribution in [-0.4, -0.2) is 21.0 Å². The highest BCUT2D eigenvalue weighted by molar-refractivity contribution is 8.27. The second kappa shape index (κ2) is 6.79. The maximum absolute atomic E-state index is 12.9. The minimum Gasteiger partial charge on any atom is -0.360 e. The third kappa shape index (κ3) is 3.11. The molecule has 0 atom stereocenters. The Morgan fingerprint density at radius 2 is 1.93 bits per heavy atom. The van der Waals surface area contributed by atoms with E-state index in [1.165, 1.54) is 11.0 Å². The highest BCUT2D eigenvalue weighted by Crippen LogP contribution is 2.36. The van der Waals surface area contributed by atoms with Crippen molar-refractivity contribution < 1.29 is 9.59 Å². The molecule has 4 nitrogen and oxygen atoms in total. The van der Waals surface area contributed by atoms with Gasteiger partial charge < -0.3 is 4.98 Å². The van der Waals surface area contributed by atoms with Gasteiger partial charge in [-0.2, -0.15) is 0 Å². The Kier molecular flexibility index (Phi) is 4.45. The molecule has 0 bridgehead atoms. The summed E-state index contributed by atoms with van der Waals surface area (Å²) in [6, 6.07) is 13.3. The van der Waals surface area contributed by atoms with E-state index >= 15 is 0 Å². The zero-order valence-electron chi connectivity index (χ0n) is 14.8. The number of benzene rings is 2. The van der Waals surface area contributed by atoms with Gasteiger partial charge in [0.1, 0.15) is 0 Å². The topological polar surface area (TPSA) is 53.2 Å². The molecule has 1 aliphatic rings. The summed E-state index contributed by atoms with van der Waals surface area (Å²) >= 11 is 6.55. The molecule has 0 saturated carbocycles. The van der Waals surface area contributed by atoms with E-state index in [-0.39, 0.29) is 11.7 Å². The number of allylic oxidation sites excluding steroid dienone is 1. The summed E-state index contributed by atoms with van der Waals surface area (Å²) in [5.41, 5.74) is 4.39. The van der Waals surface area contributed by atoms with Gasteiger partial charge in [0.25, 0.3) is 5.91 Å². The standard InChI is InChI=1S/C21H16N2O2S2/c1-12-7-8-14(9-13(12)2)23-20(25)19(27-21(23)26)10-18(24)16-11-22-17-6-4-3-5-15(16)17/h3-11,22H,1-2H3. The summed E-state index contributed by atoms with van der Waals surface area (Å²) < 4.78 is 0.432. The Balaban J connectivity index is 1.66. The van der Waals surface area contributed by atoms with Crippen LogP contribution >= 0.6 is 24.0 Å². The number of aromatic nitrogens is 1. The van der Waals surface area contributed by atoms with E-state index in [1.807, 2.05) is 56.3 Å². The smallest absolute Gasteiger partial charge is 0.270 e. The molecule has 27 heavy (non-hydrogen) atoms. The average molecular weight is 393 g/mol. The van der Waals surface area contributed by atoms with Crippen molar-refractivity contribution >= 4 is 56.6 Å². The van der Waals surface area contributed by atoms with Gasteiger partial charge in [-0.25, -0.2) is 0 Å². The number of carbonyl (C=O) groups excluding carboxylic acids is 2. The molecule has 0 radical (unpaired) electrons. The van der Waals surface area contributed by atoms with Gasteiger partial charge in [-0.1, -0.05) is 48.2 Å². The van der Waals surface area contributed by atoms with Crippen molar-refractivity contribution in [2.24, 2.45) is 0 Å². The first kappa shape index (κ1) is 17.7. The lowest BCUT2D eigenvalue weighted by molar-refractivity contribution is -0.113. The van der Waals surface area contributed by atoms with E-state index in [0.29, 0.717) is 14.8 Å². The van der Waals surface area contributed by atoms with Crippen LogP contribution in [0.2, 0.25) is 0 Å². The lowest BCUT2D eigenvalue weighted by Gasteiger charge is -2.15.